The Bertz CT molecular complexity index is 962. The third-order valence-corrected chi connectivity index (χ3v) is 7.28. The van der Waals surface area contributed by atoms with Gasteiger partial charge in [0.15, 0.2) is 0 Å². The van der Waals surface area contributed by atoms with Crippen LogP contribution in [-0.4, -0.2) is 64.2 Å². The molecule has 0 bridgehead atoms. The molecular formula is C28H42N4O5. The highest BCUT2D eigenvalue weighted by Crippen LogP contribution is 2.21. The maximum Gasteiger partial charge on any atom is 0.269 e. The van der Waals surface area contributed by atoms with Crippen molar-refractivity contribution in [2.75, 3.05) is 19.6 Å². The third kappa shape index (κ3) is 8.40. The monoisotopic (exact) mass is 514 g/mol. The number of nitrogens with zero attached hydrogens (tertiary/aromatic N) is 3. The molecule has 4 unspecified atom stereocenters. The van der Waals surface area contributed by atoms with Crippen LogP contribution in [-0.2, 0) is 14.4 Å². The molecule has 9 nitrogen and oxygen atoms in total. The Hall–Kier alpha value is -3.23. The zero-order valence-corrected chi connectivity index (χ0v) is 22.8. The van der Waals surface area contributed by atoms with Gasteiger partial charge in [-0.05, 0) is 49.5 Å². The molecule has 1 aliphatic heterocycles. The molecule has 1 saturated heterocycles. The summed E-state index contributed by atoms with van der Waals surface area (Å²) < 4.78 is 0. The van der Waals surface area contributed by atoms with Crippen molar-refractivity contribution < 1.29 is 19.3 Å². The standard InChI is InChI=1S/C28H42N4O5/c1-6-9-10-23(8-3)27(34)31-18-17-30(19-21(31)5)28(35)26(20(4)7-2)29-25(33)16-13-22-11-14-24(15-12-22)32(36)37/h11-16,20-21,23,26H,6-10,17-19H2,1-5H3,(H,29,33). The van der Waals surface area contributed by atoms with E-state index in [1.165, 1.54) is 18.2 Å². The minimum Gasteiger partial charge on any atom is -0.340 e. The van der Waals surface area contributed by atoms with E-state index in [-0.39, 0.29) is 35.4 Å². The van der Waals surface area contributed by atoms with Crippen molar-refractivity contribution in [3.8, 4) is 0 Å². The second-order valence-corrected chi connectivity index (χ2v) is 9.97. The molecule has 1 aromatic rings. The average Bonchev–Trinajstić information content (AvgIpc) is 2.90. The maximum absolute atomic E-state index is 13.5. The molecule has 0 saturated carbocycles. The number of unbranched alkanes of at least 4 members (excludes halogenated alkanes) is 1. The van der Waals surface area contributed by atoms with E-state index in [1.807, 2.05) is 25.7 Å². The second kappa shape index (κ2) is 14.5. The van der Waals surface area contributed by atoms with Gasteiger partial charge in [-0.15, -0.1) is 0 Å². The Kier molecular flexibility index (Phi) is 11.8. The first-order valence-corrected chi connectivity index (χ1v) is 13.4. The molecule has 4 atom stereocenters. The Morgan fingerprint density at radius 1 is 1.11 bits per heavy atom. The summed E-state index contributed by atoms with van der Waals surface area (Å²) in [6.45, 7) is 11.5. The average molecular weight is 515 g/mol. The van der Waals surface area contributed by atoms with Crippen molar-refractivity contribution in [2.45, 2.75) is 78.8 Å². The Morgan fingerprint density at radius 2 is 1.78 bits per heavy atom. The van der Waals surface area contributed by atoms with Crippen molar-refractivity contribution >= 4 is 29.5 Å². The molecule has 0 aromatic heterocycles. The number of non-ortho nitro benzene ring substituents is 1. The Morgan fingerprint density at radius 3 is 2.32 bits per heavy atom. The number of carbonyl (C=O) groups excluding carboxylic acids is 3. The van der Waals surface area contributed by atoms with Gasteiger partial charge in [-0.1, -0.05) is 47.0 Å². The van der Waals surface area contributed by atoms with Gasteiger partial charge in [-0.25, -0.2) is 0 Å². The number of rotatable bonds is 12. The molecule has 1 aromatic carbocycles. The quantitative estimate of drug-likeness (QED) is 0.252. The molecule has 37 heavy (non-hydrogen) atoms. The highest BCUT2D eigenvalue weighted by Gasteiger charge is 2.36. The van der Waals surface area contributed by atoms with Crippen LogP contribution in [0.5, 0.6) is 0 Å². The minimum atomic E-state index is -0.679. The zero-order chi connectivity index (χ0) is 27.5. The van der Waals surface area contributed by atoms with Crippen LogP contribution in [0, 0.1) is 22.0 Å². The van der Waals surface area contributed by atoms with Gasteiger partial charge in [-0.3, -0.25) is 24.5 Å². The van der Waals surface area contributed by atoms with E-state index in [0.29, 0.717) is 31.6 Å². The van der Waals surface area contributed by atoms with Gasteiger partial charge >= 0.3 is 0 Å². The van der Waals surface area contributed by atoms with E-state index in [9.17, 15) is 24.5 Å². The summed E-state index contributed by atoms with van der Waals surface area (Å²) in [5.74, 6) is -0.403. The van der Waals surface area contributed by atoms with Gasteiger partial charge in [0, 0.05) is 49.8 Å². The van der Waals surface area contributed by atoms with Crippen LogP contribution in [0.4, 0.5) is 5.69 Å². The Balaban J connectivity index is 2.03. The molecule has 1 heterocycles. The van der Waals surface area contributed by atoms with Gasteiger partial charge in [0.05, 0.1) is 4.92 Å². The van der Waals surface area contributed by atoms with Crippen LogP contribution >= 0.6 is 0 Å². The lowest BCUT2D eigenvalue weighted by atomic mass is 9.95. The third-order valence-electron chi connectivity index (χ3n) is 7.28. The van der Waals surface area contributed by atoms with Crippen LogP contribution in [0.1, 0.15) is 72.3 Å². The second-order valence-electron chi connectivity index (χ2n) is 9.97. The van der Waals surface area contributed by atoms with Crippen LogP contribution in [0.15, 0.2) is 30.3 Å². The molecule has 0 radical (unpaired) electrons. The number of piperazine rings is 1. The van der Waals surface area contributed by atoms with Crippen LogP contribution in [0.3, 0.4) is 0 Å². The molecule has 204 valence electrons. The molecule has 0 spiro atoms. The predicted octanol–water partition coefficient (Wildman–Crippen LogP) is 4.41. The number of nitro benzene ring substituents is 1. The Labute approximate surface area is 220 Å². The number of nitro groups is 1. The number of amides is 3. The summed E-state index contributed by atoms with van der Waals surface area (Å²) in [7, 11) is 0. The van der Waals surface area contributed by atoms with Crippen molar-refractivity contribution in [1.82, 2.24) is 15.1 Å². The van der Waals surface area contributed by atoms with Crippen LogP contribution < -0.4 is 5.32 Å². The number of hydrogen-bond acceptors (Lipinski definition) is 5. The summed E-state index contributed by atoms with van der Waals surface area (Å²) in [4.78, 5) is 53.3. The largest absolute Gasteiger partial charge is 0.340 e. The van der Waals surface area contributed by atoms with Crippen LogP contribution in [0.2, 0.25) is 0 Å². The fourth-order valence-corrected chi connectivity index (χ4v) is 4.63. The molecule has 1 fully saturated rings. The molecular weight excluding hydrogens is 472 g/mol. The number of carbonyl (C=O) groups is 3. The summed E-state index contributed by atoms with van der Waals surface area (Å²) in [5, 5.41) is 13.7. The van der Waals surface area contributed by atoms with E-state index in [2.05, 4.69) is 19.2 Å². The van der Waals surface area contributed by atoms with E-state index in [1.54, 1.807) is 23.1 Å². The summed E-state index contributed by atoms with van der Waals surface area (Å²) in [6.07, 6.45) is 7.43. The molecule has 2 rings (SSSR count). The summed E-state index contributed by atoms with van der Waals surface area (Å²) >= 11 is 0. The SMILES string of the molecule is CCCCC(CC)C(=O)N1CCN(C(=O)C(NC(=O)C=Cc2ccc([N+](=O)[O-])cc2)C(C)CC)CC1C. The van der Waals surface area contributed by atoms with Crippen molar-refractivity contribution in [3.63, 3.8) is 0 Å². The lowest BCUT2D eigenvalue weighted by molar-refractivity contribution is -0.384. The fourth-order valence-electron chi connectivity index (χ4n) is 4.63. The molecule has 3 amide bonds. The van der Waals surface area contributed by atoms with E-state index in [4.69, 9.17) is 0 Å². The topological polar surface area (TPSA) is 113 Å². The van der Waals surface area contributed by atoms with Gasteiger partial charge < -0.3 is 15.1 Å². The number of nitrogens with one attached hydrogen (secondary N) is 1. The number of hydrogen-bond donors (Lipinski definition) is 1. The van der Waals surface area contributed by atoms with Crippen molar-refractivity contribution in [3.05, 3.63) is 46.0 Å². The lowest BCUT2D eigenvalue weighted by Gasteiger charge is -2.42. The first-order valence-electron chi connectivity index (χ1n) is 13.4. The van der Waals surface area contributed by atoms with E-state index < -0.39 is 16.9 Å². The lowest BCUT2D eigenvalue weighted by Crippen LogP contribution is -2.60. The first-order chi connectivity index (χ1) is 17.6. The smallest absolute Gasteiger partial charge is 0.269 e. The maximum atomic E-state index is 13.5. The normalized spacial score (nSPS) is 18.4. The van der Waals surface area contributed by atoms with Gasteiger partial charge in [0.2, 0.25) is 17.7 Å². The highest BCUT2D eigenvalue weighted by molar-refractivity contribution is 5.95. The van der Waals surface area contributed by atoms with E-state index >= 15 is 0 Å². The van der Waals surface area contributed by atoms with Crippen molar-refractivity contribution in [1.29, 1.82) is 0 Å². The molecule has 1 N–H and O–H groups in total. The summed E-state index contributed by atoms with van der Waals surface area (Å²) in [6, 6.07) is 5.11. The highest BCUT2D eigenvalue weighted by atomic mass is 16.6. The number of benzene rings is 1. The minimum absolute atomic E-state index is 0.0220. The van der Waals surface area contributed by atoms with Gasteiger partial charge in [-0.2, -0.15) is 0 Å². The van der Waals surface area contributed by atoms with Gasteiger partial charge in [0.25, 0.3) is 5.69 Å². The first kappa shape index (κ1) is 30.0. The van der Waals surface area contributed by atoms with Crippen LogP contribution in [0.25, 0.3) is 6.08 Å². The summed E-state index contributed by atoms with van der Waals surface area (Å²) in [5.41, 5.74) is 0.623. The van der Waals surface area contributed by atoms with E-state index in [0.717, 1.165) is 25.7 Å². The molecule has 9 heteroatoms. The van der Waals surface area contributed by atoms with Crippen molar-refractivity contribution in [2.24, 2.45) is 11.8 Å². The zero-order valence-electron chi connectivity index (χ0n) is 22.8. The predicted molar refractivity (Wildman–Crippen MR) is 145 cm³/mol. The molecule has 1 aliphatic rings. The fraction of sp³-hybridized carbons (Fsp3) is 0.607. The van der Waals surface area contributed by atoms with Gasteiger partial charge in [0.1, 0.15) is 6.04 Å². The molecule has 0 aliphatic carbocycles.